The Balaban J connectivity index is 1.95. The zero-order chi connectivity index (χ0) is 18.7. The van der Waals surface area contributed by atoms with E-state index in [4.69, 9.17) is 4.98 Å². The van der Waals surface area contributed by atoms with Crippen LogP contribution >= 0.6 is 0 Å². The Morgan fingerprint density at radius 1 is 1.27 bits per heavy atom. The van der Waals surface area contributed by atoms with Crippen LogP contribution in [0.2, 0.25) is 0 Å². The second-order valence-corrected chi connectivity index (χ2v) is 6.75. The lowest BCUT2D eigenvalue weighted by atomic mass is 10.0. The van der Waals surface area contributed by atoms with Gasteiger partial charge in [0.1, 0.15) is 0 Å². The van der Waals surface area contributed by atoms with Gasteiger partial charge in [0.25, 0.3) is 5.91 Å². The normalized spacial score (nSPS) is 11.3. The molecule has 0 aliphatic carbocycles. The van der Waals surface area contributed by atoms with Gasteiger partial charge in [0, 0.05) is 30.2 Å². The Bertz CT molecular complexity index is 929. The van der Waals surface area contributed by atoms with E-state index in [1.54, 1.807) is 6.20 Å². The molecule has 3 aromatic rings. The lowest BCUT2D eigenvalue weighted by Crippen LogP contribution is -2.27. The van der Waals surface area contributed by atoms with Crippen LogP contribution in [0.5, 0.6) is 0 Å². The van der Waals surface area contributed by atoms with Gasteiger partial charge in [0.15, 0.2) is 0 Å². The van der Waals surface area contributed by atoms with E-state index in [1.165, 1.54) is 0 Å². The zero-order valence-electron chi connectivity index (χ0n) is 15.8. The topological polar surface area (TPSA) is 63.1 Å². The second kappa shape index (κ2) is 7.66. The van der Waals surface area contributed by atoms with Crippen molar-refractivity contribution in [1.82, 2.24) is 25.0 Å². The van der Waals surface area contributed by atoms with Gasteiger partial charge in [-0.15, -0.1) is 0 Å². The van der Waals surface area contributed by atoms with Gasteiger partial charge in [-0.05, 0) is 46.1 Å². The summed E-state index contributed by atoms with van der Waals surface area (Å²) in [5, 5.41) is 8.19. The number of amides is 1. The van der Waals surface area contributed by atoms with Crippen molar-refractivity contribution >= 4 is 16.8 Å². The molecule has 0 aliphatic heterocycles. The van der Waals surface area contributed by atoms with Crippen molar-refractivity contribution in [2.45, 2.75) is 13.3 Å². The van der Waals surface area contributed by atoms with Gasteiger partial charge in [-0.25, -0.2) is 4.98 Å². The third-order valence-corrected chi connectivity index (χ3v) is 4.54. The van der Waals surface area contributed by atoms with Gasteiger partial charge in [-0.1, -0.05) is 18.2 Å². The fourth-order valence-corrected chi connectivity index (χ4v) is 2.94. The molecule has 0 bridgehead atoms. The minimum absolute atomic E-state index is 0.0647. The predicted octanol–water partition coefficient (Wildman–Crippen LogP) is 2.63. The molecule has 2 aromatic heterocycles. The molecule has 0 spiro atoms. The van der Waals surface area contributed by atoms with Crippen molar-refractivity contribution in [1.29, 1.82) is 0 Å². The fourth-order valence-electron chi connectivity index (χ4n) is 2.94. The van der Waals surface area contributed by atoms with Gasteiger partial charge in [-0.2, -0.15) is 5.10 Å². The molecule has 0 unspecified atom stereocenters. The number of carbonyl (C=O) groups excluding carboxylic acids is 1. The maximum Gasteiger partial charge on any atom is 0.252 e. The van der Waals surface area contributed by atoms with Crippen LogP contribution in [0, 0.1) is 6.92 Å². The van der Waals surface area contributed by atoms with E-state index >= 15 is 0 Å². The number of benzene rings is 1. The average Bonchev–Trinajstić information content (AvgIpc) is 2.96. The number of aromatic nitrogens is 3. The van der Waals surface area contributed by atoms with E-state index in [9.17, 15) is 4.79 Å². The van der Waals surface area contributed by atoms with Crippen molar-refractivity contribution in [2.75, 3.05) is 27.2 Å². The van der Waals surface area contributed by atoms with Crippen LogP contribution in [-0.2, 0) is 7.05 Å². The summed E-state index contributed by atoms with van der Waals surface area (Å²) in [6.07, 6.45) is 2.71. The summed E-state index contributed by atoms with van der Waals surface area (Å²) in [6, 6.07) is 9.62. The third-order valence-electron chi connectivity index (χ3n) is 4.54. The average molecular weight is 351 g/mol. The maximum atomic E-state index is 12.8. The highest BCUT2D eigenvalue weighted by atomic mass is 16.1. The third kappa shape index (κ3) is 3.75. The van der Waals surface area contributed by atoms with Crippen LogP contribution in [0.1, 0.15) is 22.5 Å². The monoisotopic (exact) mass is 351 g/mol. The lowest BCUT2D eigenvalue weighted by Gasteiger charge is -2.12. The second-order valence-electron chi connectivity index (χ2n) is 6.75. The first-order valence-corrected chi connectivity index (χ1v) is 8.79. The summed E-state index contributed by atoms with van der Waals surface area (Å²) in [5.41, 5.74) is 4.20. The Hall–Kier alpha value is -2.73. The molecule has 0 saturated carbocycles. The summed E-state index contributed by atoms with van der Waals surface area (Å²) >= 11 is 0. The summed E-state index contributed by atoms with van der Waals surface area (Å²) in [7, 11) is 5.96. The molecular weight excluding hydrogens is 326 g/mol. The van der Waals surface area contributed by atoms with Crippen LogP contribution in [0.15, 0.2) is 36.5 Å². The number of nitrogens with one attached hydrogen (secondary N) is 1. The van der Waals surface area contributed by atoms with Crippen LogP contribution in [0.4, 0.5) is 0 Å². The summed E-state index contributed by atoms with van der Waals surface area (Å²) in [4.78, 5) is 19.7. The summed E-state index contributed by atoms with van der Waals surface area (Å²) in [6.45, 7) is 3.59. The zero-order valence-corrected chi connectivity index (χ0v) is 15.8. The van der Waals surface area contributed by atoms with Gasteiger partial charge in [0.05, 0.1) is 23.0 Å². The number of aryl methyl sites for hydroxylation is 1. The van der Waals surface area contributed by atoms with Crippen LogP contribution in [0.3, 0.4) is 0 Å². The molecule has 1 N–H and O–H groups in total. The molecule has 0 radical (unpaired) electrons. The molecule has 0 atom stereocenters. The quantitative estimate of drug-likeness (QED) is 0.694. The molecule has 0 saturated heterocycles. The van der Waals surface area contributed by atoms with Gasteiger partial charge in [-0.3, -0.25) is 9.48 Å². The first-order valence-electron chi connectivity index (χ1n) is 8.79. The van der Waals surface area contributed by atoms with Crippen LogP contribution < -0.4 is 5.32 Å². The minimum Gasteiger partial charge on any atom is -0.352 e. The van der Waals surface area contributed by atoms with Gasteiger partial charge >= 0.3 is 0 Å². The fraction of sp³-hybridized carbons (Fsp3) is 0.350. The first kappa shape index (κ1) is 18.1. The molecule has 1 amide bonds. The lowest BCUT2D eigenvalue weighted by molar-refractivity contribution is 0.0954. The van der Waals surface area contributed by atoms with E-state index < -0.39 is 0 Å². The number of pyridine rings is 1. The Kier molecular flexibility index (Phi) is 5.32. The number of fused-ring (bicyclic) bond motifs is 1. The van der Waals surface area contributed by atoms with Crippen LogP contribution in [-0.4, -0.2) is 52.8 Å². The molecular formula is C20H25N5O. The van der Waals surface area contributed by atoms with E-state index in [2.05, 4.69) is 15.3 Å². The number of hydrogen-bond acceptors (Lipinski definition) is 4. The van der Waals surface area contributed by atoms with E-state index in [0.717, 1.165) is 40.8 Å². The molecule has 1 aromatic carbocycles. The molecule has 0 aliphatic rings. The maximum absolute atomic E-state index is 12.8. The Morgan fingerprint density at radius 2 is 2.04 bits per heavy atom. The highest BCUT2D eigenvalue weighted by Gasteiger charge is 2.16. The largest absolute Gasteiger partial charge is 0.352 e. The SMILES string of the molecule is Cc1c(-c2cc(C(=O)NCCCN(C)C)c3ccccc3n2)cnn1C. The molecule has 136 valence electrons. The first-order chi connectivity index (χ1) is 12.5. The molecule has 6 nitrogen and oxygen atoms in total. The summed E-state index contributed by atoms with van der Waals surface area (Å²) < 4.78 is 1.81. The molecule has 6 heteroatoms. The number of hydrogen-bond donors (Lipinski definition) is 1. The summed E-state index contributed by atoms with van der Waals surface area (Å²) in [5.74, 6) is -0.0647. The highest BCUT2D eigenvalue weighted by molar-refractivity contribution is 6.07. The number of carbonyl (C=O) groups is 1. The molecule has 2 heterocycles. The van der Waals surface area contributed by atoms with Crippen molar-refractivity contribution in [3.8, 4) is 11.3 Å². The van der Waals surface area contributed by atoms with E-state index in [-0.39, 0.29) is 5.91 Å². The smallest absolute Gasteiger partial charge is 0.252 e. The molecule has 0 fully saturated rings. The van der Waals surface area contributed by atoms with Gasteiger partial charge < -0.3 is 10.2 Å². The Morgan fingerprint density at radius 3 is 2.73 bits per heavy atom. The van der Waals surface area contributed by atoms with Crippen molar-refractivity contribution in [3.05, 3.63) is 47.8 Å². The van der Waals surface area contributed by atoms with Crippen LogP contribution in [0.25, 0.3) is 22.2 Å². The van der Waals surface area contributed by atoms with Gasteiger partial charge in [0.2, 0.25) is 0 Å². The van der Waals surface area contributed by atoms with E-state index in [1.807, 2.05) is 63.1 Å². The van der Waals surface area contributed by atoms with Crippen molar-refractivity contribution in [3.63, 3.8) is 0 Å². The van der Waals surface area contributed by atoms with Crippen molar-refractivity contribution in [2.24, 2.45) is 7.05 Å². The van der Waals surface area contributed by atoms with E-state index in [0.29, 0.717) is 12.1 Å². The molecule has 26 heavy (non-hydrogen) atoms. The highest BCUT2D eigenvalue weighted by Crippen LogP contribution is 2.26. The minimum atomic E-state index is -0.0647. The predicted molar refractivity (Wildman–Crippen MR) is 104 cm³/mol. The number of para-hydroxylation sites is 1. The number of nitrogens with zero attached hydrogens (tertiary/aromatic N) is 4. The molecule has 3 rings (SSSR count). The standard InChI is InChI=1S/C20H25N5O/c1-14-17(13-22-25(14)4)19-12-16(15-8-5-6-9-18(15)23-19)20(26)21-10-7-11-24(2)3/h5-6,8-9,12-13H,7,10-11H2,1-4H3,(H,21,26). The number of rotatable bonds is 6. The van der Waals surface area contributed by atoms with Crippen molar-refractivity contribution < 1.29 is 4.79 Å². The Labute approximate surface area is 153 Å².